The molecule has 0 amide bonds. The van der Waals surface area contributed by atoms with Crippen molar-refractivity contribution in [3.05, 3.63) is 30.4 Å². The minimum Gasteiger partial charge on any atom is -0.457 e. The van der Waals surface area contributed by atoms with Crippen molar-refractivity contribution in [1.82, 2.24) is 14.5 Å². The molecule has 270 valence electrons. The molecule has 0 bridgehead atoms. The third-order valence-electron chi connectivity index (χ3n) is 10.3. The molecule has 10 atom stereocenters. The van der Waals surface area contributed by atoms with Crippen LogP contribution in [0.2, 0.25) is 0 Å². The molecule has 1 saturated heterocycles. The Balaban J connectivity index is 2.15. The normalized spacial score (nSPS) is 38.1. The summed E-state index contributed by atoms with van der Waals surface area (Å²) in [6, 6.07) is 0.167. The summed E-state index contributed by atoms with van der Waals surface area (Å²) in [5.74, 6) is -2.96. The molecular weight excluding hydrogens is 618 g/mol. The SMILES string of the molecule is CC[C@H]1OC(=O)C(C)(C)C(=O)[C@H](C)[C@@H](OC2OC(C)CC(N(C)C)C2C)[C@](C)(OC)C[C@@H](C)C(=O)/C(C)=C/[C@]1(C)OC(=O)n1ccnc1. The average Bonchev–Trinajstić information content (AvgIpc) is 3.57. The number of nitrogens with zero attached hydrogens (tertiary/aromatic N) is 3. The van der Waals surface area contributed by atoms with Crippen molar-refractivity contribution in [3.63, 3.8) is 0 Å². The van der Waals surface area contributed by atoms with Crippen molar-refractivity contribution < 1.29 is 42.9 Å². The lowest BCUT2D eigenvalue weighted by atomic mass is 9.73. The van der Waals surface area contributed by atoms with Gasteiger partial charge in [0, 0.05) is 43.3 Å². The van der Waals surface area contributed by atoms with Gasteiger partial charge in [-0.1, -0.05) is 27.7 Å². The average molecular weight is 676 g/mol. The smallest absolute Gasteiger partial charge is 0.420 e. The second kappa shape index (κ2) is 15.3. The molecule has 48 heavy (non-hydrogen) atoms. The lowest BCUT2D eigenvalue weighted by molar-refractivity contribution is -0.281. The van der Waals surface area contributed by atoms with Crippen molar-refractivity contribution in [1.29, 1.82) is 0 Å². The van der Waals surface area contributed by atoms with E-state index < -0.39 is 64.8 Å². The summed E-state index contributed by atoms with van der Waals surface area (Å²) in [5.41, 5.74) is -4.03. The van der Waals surface area contributed by atoms with E-state index in [0.29, 0.717) is 5.57 Å². The number of hydrogen-bond acceptors (Lipinski definition) is 11. The van der Waals surface area contributed by atoms with Crippen molar-refractivity contribution in [2.75, 3.05) is 21.2 Å². The first-order chi connectivity index (χ1) is 22.2. The van der Waals surface area contributed by atoms with Crippen LogP contribution in [0, 0.1) is 23.2 Å². The summed E-state index contributed by atoms with van der Waals surface area (Å²) >= 11 is 0. The van der Waals surface area contributed by atoms with Gasteiger partial charge in [-0.15, -0.1) is 0 Å². The van der Waals surface area contributed by atoms with Gasteiger partial charge in [0.05, 0.1) is 17.8 Å². The maximum atomic E-state index is 14.4. The van der Waals surface area contributed by atoms with Gasteiger partial charge < -0.3 is 28.6 Å². The first-order valence-electron chi connectivity index (χ1n) is 16.9. The van der Waals surface area contributed by atoms with E-state index in [0.717, 1.165) is 11.0 Å². The molecule has 0 saturated carbocycles. The van der Waals surface area contributed by atoms with Gasteiger partial charge in [0.1, 0.15) is 17.8 Å². The second-order valence-corrected chi connectivity index (χ2v) is 14.9. The molecule has 0 aromatic carbocycles. The molecule has 0 spiro atoms. The first kappa shape index (κ1) is 39.5. The van der Waals surface area contributed by atoms with E-state index in [1.165, 1.54) is 45.8 Å². The zero-order valence-corrected chi connectivity index (χ0v) is 31.1. The molecule has 2 aliphatic rings. The Morgan fingerprint density at radius 3 is 2.29 bits per heavy atom. The molecule has 0 N–H and O–H groups in total. The zero-order valence-electron chi connectivity index (χ0n) is 31.1. The number of carbonyl (C=O) groups is 4. The highest BCUT2D eigenvalue weighted by atomic mass is 16.7. The van der Waals surface area contributed by atoms with E-state index in [1.807, 2.05) is 27.9 Å². The van der Waals surface area contributed by atoms with Crippen molar-refractivity contribution in [2.24, 2.45) is 23.2 Å². The van der Waals surface area contributed by atoms with Gasteiger partial charge in [-0.05, 0) is 86.5 Å². The standard InChI is InChI=1S/C36H57N3O9/c1-14-27-35(9,48-33(43)39-16-15-37-20-39)18-21(2)28(40)22(3)19-36(10,44-13)30(25(6)29(41)34(7,8)32(42)46-27)47-31-24(5)26(38(11)12)17-23(4)45-31/h15-16,18,20,22-27,30-31H,14,17,19H2,1-13H3/b21-18+/t22-,23?,24?,25+,26?,27-,30-,31?,35+,36-/m1/s1. The number of ether oxygens (including phenoxy) is 5. The second-order valence-electron chi connectivity index (χ2n) is 14.9. The number of cyclic esters (lactones) is 1. The van der Waals surface area contributed by atoms with E-state index in [1.54, 1.807) is 34.6 Å². The Morgan fingerprint density at radius 2 is 1.75 bits per heavy atom. The van der Waals surface area contributed by atoms with E-state index >= 15 is 0 Å². The molecule has 0 radical (unpaired) electrons. The van der Waals surface area contributed by atoms with Crippen LogP contribution >= 0.6 is 0 Å². The third kappa shape index (κ3) is 8.26. The number of Topliss-reactive ketones (excluding diaryl/α,β-unsaturated/α-hetero) is 2. The largest absolute Gasteiger partial charge is 0.457 e. The first-order valence-corrected chi connectivity index (χ1v) is 16.9. The van der Waals surface area contributed by atoms with Gasteiger partial charge >= 0.3 is 12.1 Å². The molecule has 12 nitrogen and oxygen atoms in total. The topological polar surface area (TPSA) is 135 Å². The number of methoxy groups -OCH3 is 1. The minimum absolute atomic E-state index is 0.0528. The molecular formula is C36H57N3O9. The number of carbonyl (C=O) groups excluding carboxylic acids is 4. The fraction of sp³-hybridized carbons (Fsp3) is 0.750. The Kier molecular flexibility index (Phi) is 12.6. The molecule has 1 fully saturated rings. The highest BCUT2D eigenvalue weighted by Crippen LogP contribution is 2.40. The van der Waals surface area contributed by atoms with Gasteiger partial charge in [0.25, 0.3) is 0 Å². The van der Waals surface area contributed by atoms with Gasteiger partial charge in [0.2, 0.25) is 0 Å². The number of ketones is 2. The maximum absolute atomic E-state index is 14.4. The molecule has 2 aliphatic heterocycles. The maximum Gasteiger partial charge on any atom is 0.420 e. The number of imidazole rings is 1. The molecule has 12 heteroatoms. The highest BCUT2D eigenvalue weighted by Gasteiger charge is 2.52. The van der Waals surface area contributed by atoms with Gasteiger partial charge in [-0.3, -0.25) is 14.4 Å². The molecule has 1 aromatic rings. The van der Waals surface area contributed by atoms with Gasteiger partial charge in [-0.25, -0.2) is 14.3 Å². The molecule has 4 unspecified atom stereocenters. The summed E-state index contributed by atoms with van der Waals surface area (Å²) in [6.07, 6.45) is 3.46. The van der Waals surface area contributed by atoms with Crippen molar-refractivity contribution in [3.8, 4) is 0 Å². The van der Waals surface area contributed by atoms with E-state index in [2.05, 4.69) is 16.8 Å². The molecule has 1 aromatic heterocycles. The fourth-order valence-corrected chi connectivity index (χ4v) is 7.31. The summed E-state index contributed by atoms with van der Waals surface area (Å²) in [6.45, 7) is 17.5. The fourth-order valence-electron chi connectivity index (χ4n) is 7.31. The van der Waals surface area contributed by atoms with Crippen LogP contribution in [0.5, 0.6) is 0 Å². The van der Waals surface area contributed by atoms with Crippen LogP contribution in [-0.2, 0) is 38.1 Å². The monoisotopic (exact) mass is 675 g/mol. The van der Waals surface area contributed by atoms with Crippen LogP contribution in [0.4, 0.5) is 4.79 Å². The number of rotatable bonds is 6. The lowest BCUT2D eigenvalue weighted by Crippen LogP contribution is -2.58. The van der Waals surface area contributed by atoms with E-state index in [-0.39, 0.29) is 36.7 Å². The molecule has 3 heterocycles. The lowest BCUT2D eigenvalue weighted by Gasteiger charge is -2.47. The quantitative estimate of drug-likeness (QED) is 0.290. The number of allylic oxidation sites excluding steroid dienone is 1. The van der Waals surface area contributed by atoms with E-state index in [4.69, 9.17) is 23.7 Å². The summed E-state index contributed by atoms with van der Waals surface area (Å²) in [7, 11) is 5.58. The van der Waals surface area contributed by atoms with E-state index in [9.17, 15) is 19.2 Å². The highest BCUT2D eigenvalue weighted by molar-refractivity contribution is 6.04. The predicted molar refractivity (Wildman–Crippen MR) is 179 cm³/mol. The van der Waals surface area contributed by atoms with Gasteiger partial charge in [-0.2, -0.15) is 0 Å². The summed E-state index contributed by atoms with van der Waals surface area (Å²) < 4.78 is 32.4. The number of esters is 1. The summed E-state index contributed by atoms with van der Waals surface area (Å²) in [4.78, 5) is 61.6. The minimum atomic E-state index is -1.62. The van der Waals surface area contributed by atoms with Crippen LogP contribution in [0.25, 0.3) is 0 Å². The van der Waals surface area contributed by atoms with Crippen molar-refractivity contribution >= 4 is 23.6 Å². The van der Waals surface area contributed by atoms with Crippen LogP contribution < -0.4 is 0 Å². The molecule has 0 aliphatic carbocycles. The number of aromatic nitrogens is 2. The Bertz CT molecular complexity index is 1340. The summed E-state index contributed by atoms with van der Waals surface area (Å²) in [5, 5.41) is 0. The van der Waals surface area contributed by atoms with Crippen LogP contribution in [0.15, 0.2) is 30.4 Å². The third-order valence-corrected chi connectivity index (χ3v) is 10.3. The van der Waals surface area contributed by atoms with Gasteiger partial charge in [0.15, 0.2) is 23.5 Å². The molecule has 3 rings (SSSR count). The number of hydrogen-bond donors (Lipinski definition) is 0. The van der Waals surface area contributed by atoms with Crippen LogP contribution in [0.3, 0.4) is 0 Å². The Hall–Kier alpha value is -2.93. The Labute approximate surface area is 285 Å². The van der Waals surface area contributed by atoms with Crippen molar-refractivity contribution in [2.45, 2.75) is 130 Å². The predicted octanol–water partition coefficient (Wildman–Crippen LogP) is 5.23. The zero-order chi connectivity index (χ0) is 36.4. The van der Waals surface area contributed by atoms with Crippen LogP contribution in [0.1, 0.15) is 88.5 Å². The Morgan fingerprint density at radius 1 is 1.10 bits per heavy atom. The van der Waals surface area contributed by atoms with Crippen LogP contribution in [-0.4, -0.2) is 101 Å².